The Labute approximate surface area is 143 Å². The van der Waals surface area contributed by atoms with Gasteiger partial charge in [0.2, 0.25) is 0 Å². The summed E-state index contributed by atoms with van der Waals surface area (Å²) in [5.41, 5.74) is 2.91. The minimum absolute atomic E-state index is 0. The molecule has 0 unspecified atom stereocenters. The van der Waals surface area contributed by atoms with Gasteiger partial charge < -0.3 is 9.64 Å². The van der Waals surface area contributed by atoms with Gasteiger partial charge in [-0.1, -0.05) is 30.0 Å². The number of hydrogen-bond donors (Lipinski definition) is 0. The monoisotopic (exact) mass is 335 g/mol. The van der Waals surface area contributed by atoms with Crippen molar-refractivity contribution in [1.29, 1.82) is 0 Å². The predicted octanol–water partition coefficient (Wildman–Crippen LogP) is 4.30. The summed E-state index contributed by atoms with van der Waals surface area (Å²) in [4.78, 5) is 4.87. The lowest BCUT2D eigenvalue weighted by Crippen LogP contribution is -2.20. The first kappa shape index (κ1) is 17.2. The van der Waals surface area contributed by atoms with Crippen molar-refractivity contribution in [1.82, 2.24) is 4.90 Å². The highest BCUT2D eigenvalue weighted by Crippen LogP contribution is 2.37. The molecule has 2 aromatic rings. The molecule has 22 heavy (non-hydrogen) atoms. The molecule has 0 N–H and O–H groups in total. The number of nitrogens with zero attached hydrogens (tertiary/aromatic N) is 1. The zero-order valence-electron chi connectivity index (χ0n) is 13.0. The van der Waals surface area contributed by atoms with Crippen molar-refractivity contribution in [2.45, 2.75) is 22.6 Å². The normalized spacial score (nSPS) is 14.6. The van der Waals surface area contributed by atoms with Crippen LogP contribution in [-0.2, 0) is 12.8 Å². The molecule has 1 aliphatic heterocycles. The fourth-order valence-electron chi connectivity index (χ4n) is 2.70. The molecule has 2 aromatic carbocycles. The Morgan fingerprint density at radius 1 is 1.00 bits per heavy atom. The Hall–Kier alpha value is -1.16. The van der Waals surface area contributed by atoms with E-state index >= 15 is 0 Å². The lowest BCUT2D eigenvalue weighted by Gasteiger charge is -2.13. The summed E-state index contributed by atoms with van der Waals surface area (Å²) >= 11 is 1.78. The molecule has 0 aliphatic carbocycles. The molecule has 0 amide bonds. The minimum Gasteiger partial charge on any atom is -0.496 e. The van der Waals surface area contributed by atoms with Crippen molar-refractivity contribution in [3.8, 4) is 5.75 Å². The quantitative estimate of drug-likeness (QED) is 0.829. The number of fused-ring (bicyclic) bond motifs is 1. The van der Waals surface area contributed by atoms with Gasteiger partial charge in [0, 0.05) is 18.0 Å². The summed E-state index contributed by atoms with van der Waals surface area (Å²) in [6.45, 7) is 2.26. The fraction of sp³-hybridized carbons (Fsp3) is 0.333. The van der Waals surface area contributed by atoms with E-state index in [9.17, 15) is 0 Å². The molecular weight excluding hydrogens is 314 g/mol. The molecule has 0 fully saturated rings. The van der Waals surface area contributed by atoms with Crippen LogP contribution in [0.25, 0.3) is 0 Å². The third-order valence-electron chi connectivity index (χ3n) is 3.98. The van der Waals surface area contributed by atoms with Crippen LogP contribution in [-0.4, -0.2) is 32.1 Å². The van der Waals surface area contributed by atoms with E-state index in [1.807, 2.05) is 6.07 Å². The predicted molar refractivity (Wildman–Crippen MR) is 95.7 cm³/mol. The van der Waals surface area contributed by atoms with Gasteiger partial charge in [-0.25, -0.2) is 0 Å². The first-order chi connectivity index (χ1) is 10.3. The molecule has 2 nitrogen and oxygen atoms in total. The Morgan fingerprint density at radius 3 is 2.27 bits per heavy atom. The van der Waals surface area contributed by atoms with E-state index in [0.29, 0.717) is 0 Å². The van der Waals surface area contributed by atoms with Crippen LogP contribution < -0.4 is 4.74 Å². The highest BCUT2D eigenvalue weighted by Gasteiger charge is 2.15. The van der Waals surface area contributed by atoms with Crippen LogP contribution in [0.1, 0.15) is 11.1 Å². The van der Waals surface area contributed by atoms with Gasteiger partial charge in [-0.3, -0.25) is 0 Å². The molecular formula is C18H22ClNOS. The second-order valence-electron chi connectivity index (χ2n) is 5.49. The van der Waals surface area contributed by atoms with Crippen LogP contribution >= 0.6 is 24.2 Å². The SMILES string of the molecule is COc1cc2c(cc1Sc1ccccc1)CCN(C)CC2.Cl. The van der Waals surface area contributed by atoms with Crippen molar-refractivity contribution < 1.29 is 4.74 Å². The average Bonchev–Trinajstić information content (AvgIpc) is 2.69. The first-order valence-electron chi connectivity index (χ1n) is 7.37. The van der Waals surface area contributed by atoms with Gasteiger partial charge in [0.15, 0.2) is 0 Å². The number of ether oxygens (including phenoxy) is 1. The van der Waals surface area contributed by atoms with E-state index in [2.05, 4.69) is 48.3 Å². The van der Waals surface area contributed by atoms with Crippen LogP contribution in [0, 0.1) is 0 Å². The summed E-state index contributed by atoms with van der Waals surface area (Å²) in [6, 6.07) is 15.0. The number of rotatable bonds is 3. The Morgan fingerprint density at radius 2 is 1.64 bits per heavy atom. The molecule has 0 saturated heterocycles. The molecule has 1 heterocycles. The second-order valence-corrected chi connectivity index (χ2v) is 6.61. The van der Waals surface area contributed by atoms with E-state index in [4.69, 9.17) is 4.74 Å². The van der Waals surface area contributed by atoms with Gasteiger partial charge in [-0.05, 0) is 55.3 Å². The molecule has 0 atom stereocenters. The van der Waals surface area contributed by atoms with Crippen molar-refractivity contribution in [3.05, 3.63) is 53.6 Å². The molecule has 118 valence electrons. The van der Waals surface area contributed by atoms with E-state index in [1.165, 1.54) is 20.9 Å². The second kappa shape index (κ2) is 7.91. The summed E-state index contributed by atoms with van der Waals surface area (Å²) < 4.78 is 5.62. The molecule has 4 heteroatoms. The summed E-state index contributed by atoms with van der Waals surface area (Å²) in [5, 5.41) is 0. The van der Waals surface area contributed by atoms with Gasteiger partial charge in [-0.15, -0.1) is 12.4 Å². The number of benzene rings is 2. The van der Waals surface area contributed by atoms with Crippen LogP contribution in [0.15, 0.2) is 52.3 Å². The average molecular weight is 336 g/mol. The number of halogens is 1. The van der Waals surface area contributed by atoms with Gasteiger partial charge in [0.1, 0.15) is 5.75 Å². The van der Waals surface area contributed by atoms with Crippen molar-refractivity contribution in [2.24, 2.45) is 0 Å². The topological polar surface area (TPSA) is 12.5 Å². The van der Waals surface area contributed by atoms with Crippen LogP contribution in [0.5, 0.6) is 5.75 Å². The van der Waals surface area contributed by atoms with Gasteiger partial charge in [-0.2, -0.15) is 0 Å². The Balaban J connectivity index is 0.00000176. The zero-order valence-corrected chi connectivity index (χ0v) is 14.7. The van der Waals surface area contributed by atoms with Gasteiger partial charge in [0.25, 0.3) is 0 Å². The van der Waals surface area contributed by atoms with Crippen molar-refractivity contribution in [3.63, 3.8) is 0 Å². The highest BCUT2D eigenvalue weighted by atomic mass is 35.5. The third kappa shape index (κ3) is 3.97. The molecule has 1 aliphatic rings. The summed E-state index contributed by atoms with van der Waals surface area (Å²) in [7, 11) is 3.96. The molecule has 0 saturated carbocycles. The lowest BCUT2D eigenvalue weighted by atomic mass is 10.0. The number of methoxy groups -OCH3 is 1. The maximum absolute atomic E-state index is 5.62. The smallest absolute Gasteiger partial charge is 0.133 e. The van der Waals surface area contributed by atoms with Crippen LogP contribution in [0.2, 0.25) is 0 Å². The fourth-order valence-corrected chi connectivity index (χ4v) is 3.69. The number of hydrogen-bond acceptors (Lipinski definition) is 3. The Bertz CT molecular complexity index is 618. The van der Waals surface area contributed by atoms with E-state index in [1.54, 1.807) is 18.9 Å². The minimum atomic E-state index is 0. The summed E-state index contributed by atoms with van der Waals surface area (Å²) in [5.74, 6) is 0.993. The Kier molecular flexibility index (Phi) is 6.18. The number of likely N-dealkylation sites (N-methyl/N-ethyl adjacent to an activating group) is 1. The standard InChI is InChI=1S/C18H21NOS.ClH/c1-19-10-8-14-12-17(20-2)18(13-15(14)9-11-19)21-16-6-4-3-5-7-16;/h3-7,12-13H,8-11H2,1-2H3;1H. The van der Waals surface area contributed by atoms with Crippen LogP contribution in [0.4, 0.5) is 0 Å². The third-order valence-corrected chi connectivity index (χ3v) is 5.03. The van der Waals surface area contributed by atoms with Crippen LogP contribution in [0.3, 0.4) is 0 Å². The highest BCUT2D eigenvalue weighted by molar-refractivity contribution is 7.99. The van der Waals surface area contributed by atoms with Gasteiger partial charge in [0.05, 0.1) is 12.0 Å². The zero-order chi connectivity index (χ0) is 14.7. The van der Waals surface area contributed by atoms with E-state index in [0.717, 1.165) is 31.7 Å². The first-order valence-corrected chi connectivity index (χ1v) is 8.19. The maximum Gasteiger partial charge on any atom is 0.133 e. The van der Waals surface area contributed by atoms with Gasteiger partial charge >= 0.3 is 0 Å². The van der Waals surface area contributed by atoms with E-state index in [-0.39, 0.29) is 12.4 Å². The maximum atomic E-state index is 5.62. The van der Waals surface area contributed by atoms with Crippen molar-refractivity contribution in [2.75, 3.05) is 27.2 Å². The van der Waals surface area contributed by atoms with Crippen molar-refractivity contribution >= 4 is 24.2 Å². The lowest BCUT2D eigenvalue weighted by molar-refractivity contribution is 0.352. The molecule has 0 aromatic heterocycles. The molecule has 0 spiro atoms. The summed E-state index contributed by atoms with van der Waals surface area (Å²) in [6.07, 6.45) is 2.23. The van der Waals surface area contributed by atoms with E-state index < -0.39 is 0 Å². The molecule has 0 radical (unpaired) electrons. The molecule has 3 rings (SSSR count). The largest absolute Gasteiger partial charge is 0.496 e. The molecule has 0 bridgehead atoms.